The van der Waals surface area contributed by atoms with Gasteiger partial charge in [0.2, 0.25) is 0 Å². The van der Waals surface area contributed by atoms with Gasteiger partial charge in [0.05, 0.1) is 17.0 Å². The summed E-state index contributed by atoms with van der Waals surface area (Å²) >= 11 is 0. The topological polar surface area (TPSA) is 50.7 Å². The molecule has 0 radical (unpaired) electrons. The molecule has 26 heavy (non-hydrogen) atoms. The number of hydrogen-bond donors (Lipinski definition) is 1. The molecule has 4 rings (SSSR count). The van der Waals surface area contributed by atoms with Gasteiger partial charge < -0.3 is 4.74 Å². The van der Waals surface area contributed by atoms with Gasteiger partial charge in [-0.15, -0.1) is 0 Å². The first-order valence-corrected chi connectivity index (χ1v) is 8.54. The SMILES string of the molecule is O=C1O[C@H](C/C(=N\Nc2ccccc2)c2ccccc2)c2ccccc21. The highest BCUT2D eigenvalue weighted by Crippen LogP contribution is 2.33. The predicted octanol–water partition coefficient (Wildman–Crippen LogP) is 4.80. The summed E-state index contributed by atoms with van der Waals surface area (Å²) < 4.78 is 5.59. The van der Waals surface area contributed by atoms with Crippen molar-refractivity contribution >= 4 is 17.4 Å². The lowest BCUT2D eigenvalue weighted by molar-refractivity contribution is 0.0400. The maximum absolute atomic E-state index is 12.1. The first-order valence-electron chi connectivity index (χ1n) is 8.54. The van der Waals surface area contributed by atoms with E-state index in [0.29, 0.717) is 12.0 Å². The Labute approximate surface area is 152 Å². The number of carbonyl (C=O) groups is 1. The van der Waals surface area contributed by atoms with E-state index in [9.17, 15) is 4.79 Å². The third-order valence-corrected chi connectivity index (χ3v) is 4.36. The zero-order valence-electron chi connectivity index (χ0n) is 14.1. The second-order valence-electron chi connectivity index (χ2n) is 6.09. The number of benzene rings is 3. The molecular formula is C22H18N2O2. The molecule has 1 aliphatic rings. The fraction of sp³-hybridized carbons (Fsp3) is 0.0909. The summed E-state index contributed by atoms with van der Waals surface area (Å²) in [5.41, 5.74) is 7.40. The standard InChI is InChI=1S/C22H18N2O2/c25-22-19-14-8-7-13-18(19)21(26-22)15-20(16-9-3-1-4-10-16)24-23-17-11-5-2-6-12-17/h1-14,21,23H,15H2/b24-20+/t21-/m1/s1. The van der Waals surface area contributed by atoms with E-state index in [-0.39, 0.29) is 12.1 Å². The number of hydrazone groups is 1. The van der Waals surface area contributed by atoms with Gasteiger partial charge in [0.15, 0.2) is 0 Å². The number of nitrogens with zero attached hydrogens (tertiary/aromatic N) is 1. The summed E-state index contributed by atoms with van der Waals surface area (Å²) in [5.74, 6) is -0.269. The maximum Gasteiger partial charge on any atom is 0.339 e. The van der Waals surface area contributed by atoms with Gasteiger partial charge in [-0.05, 0) is 23.8 Å². The van der Waals surface area contributed by atoms with E-state index in [4.69, 9.17) is 4.74 Å². The van der Waals surface area contributed by atoms with Crippen LogP contribution in [0.3, 0.4) is 0 Å². The quantitative estimate of drug-likeness (QED) is 0.411. The molecule has 3 aromatic carbocycles. The summed E-state index contributed by atoms with van der Waals surface area (Å²) in [6.45, 7) is 0. The lowest BCUT2D eigenvalue weighted by atomic mass is 9.98. The van der Waals surface area contributed by atoms with E-state index in [2.05, 4.69) is 10.5 Å². The van der Waals surface area contributed by atoms with Crippen molar-refractivity contribution in [2.24, 2.45) is 5.10 Å². The van der Waals surface area contributed by atoms with E-state index >= 15 is 0 Å². The smallest absolute Gasteiger partial charge is 0.339 e. The number of carbonyl (C=O) groups excluding carboxylic acids is 1. The number of hydrogen-bond acceptors (Lipinski definition) is 4. The Balaban J connectivity index is 1.63. The number of cyclic esters (lactones) is 1. The van der Waals surface area contributed by atoms with E-state index in [1.54, 1.807) is 6.07 Å². The van der Waals surface area contributed by atoms with Crippen LogP contribution in [-0.4, -0.2) is 11.7 Å². The second kappa shape index (κ2) is 7.23. The molecule has 1 aliphatic heterocycles. The van der Waals surface area contributed by atoms with Gasteiger partial charge in [-0.3, -0.25) is 5.43 Å². The molecule has 0 bridgehead atoms. The van der Waals surface area contributed by atoms with Crippen LogP contribution in [0.25, 0.3) is 0 Å². The molecule has 128 valence electrons. The van der Waals surface area contributed by atoms with Crippen molar-refractivity contribution in [3.8, 4) is 0 Å². The Morgan fingerprint density at radius 1 is 0.885 bits per heavy atom. The molecule has 3 aromatic rings. The molecule has 0 amide bonds. The van der Waals surface area contributed by atoms with Crippen LogP contribution in [0, 0.1) is 0 Å². The molecular weight excluding hydrogens is 324 g/mol. The van der Waals surface area contributed by atoms with E-state index in [1.807, 2.05) is 78.9 Å². The number of rotatable bonds is 5. The highest BCUT2D eigenvalue weighted by molar-refractivity contribution is 6.02. The van der Waals surface area contributed by atoms with Crippen molar-refractivity contribution in [2.75, 3.05) is 5.43 Å². The van der Waals surface area contributed by atoms with Crippen molar-refractivity contribution < 1.29 is 9.53 Å². The minimum Gasteiger partial charge on any atom is -0.453 e. The van der Waals surface area contributed by atoms with E-state index < -0.39 is 0 Å². The van der Waals surface area contributed by atoms with Crippen LogP contribution >= 0.6 is 0 Å². The van der Waals surface area contributed by atoms with Gasteiger partial charge >= 0.3 is 5.97 Å². The normalized spacial score (nSPS) is 16.1. The van der Waals surface area contributed by atoms with Crippen molar-refractivity contribution in [1.29, 1.82) is 0 Å². The summed E-state index contributed by atoms with van der Waals surface area (Å²) in [6, 6.07) is 27.2. The molecule has 0 saturated heterocycles. The molecule has 1 heterocycles. The van der Waals surface area contributed by atoms with Crippen LogP contribution in [0.15, 0.2) is 90.0 Å². The van der Waals surface area contributed by atoms with Gasteiger partial charge in [0, 0.05) is 12.0 Å². The summed E-state index contributed by atoms with van der Waals surface area (Å²) in [7, 11) is 0. The zero-order valence-corrected chi connectivity index (χ0v) is 14.1. The molecule has 0 spiro atoms. The number of nitrogens with one attached hydrogen (secondary N) is 1. The first-order chi connectivity index (χ1) is 12.8. The molecule has 1 N–H and O–H groups in total. The minimum atomic E-state index is -0.324. The highest BCUT2D eigenvalue weighted by atomic mass is 16.5. The Hall–Kier alpha value is -3.40. The van der Waals surface area contributed by atoms with Gasteiger partial charge in [-0.25, -0.2) is 4.79 Å². The number of ether oxygens (including phenoxy) is 1. The molecule has 1 atom stereocenters. The Bertz CT molecular complexity index is 937. The Morgan fingerprint density at radius 3 is 2.31 bits per heavy atom. The van der Waals surface area contributed by atoms with Crippen molar-refractivity contribution in [3.05, 3.63) is 102 Å². The molecule has 0 fully saturated rings. The highest BCUT2D eigenvalue weighted by Gasteiger charge is 2.31. The second-order valence-corrected chi connectivity index (χ2v) is 6.09. The molecule has 4 heteroatoms. The predicted molar refractivity (Wildman–Crippen MR) is 102 cm³/mol. The number of fused-ring (bicyclic) bond motifs is 1. The first kappa shape index (κ1) is 16.1. The minimum absolute atomic E-state index is 0.269. The maximum atomic E-state index is 12.1. The van der Waals surface area contributed by atoms with Gasteiger partial charge in [0.25, 0.3) is 0 Å². The number of esters is 1. The molecule has 0 unspecified atom stereocenters. The third kappa shape index (κ3) is 3.35. The summed E-state index contributed by atoms with van der Waals surface area (Å²) in [5, 5.41) is 4.60. The number of para-hydroxylation sites is 1. The van der Waals surface area contributed by atoms with Crippen LogP contribution in [0.2, 0.25) is 0 Å². The molecule has 0 aliphatic carbocycles. The monoisotopic (exact) mass is 342 g/mol. The molecule has 4 nitrogen and oxygen atoms in total. The van der Waals surface area contributed by atoms with Crippen LogP contribution in [0.4, 0.5) is 5.69 Å². The fourth-order valence-corrected chi connectivity index (χ4v) is 3.05. The van der Waals surface area contributed by atoms with Crippen molar-refractivity contribution in [2.45, 2.75) is 12.5 Å². The summed E-state index contributed by atoms with van der Waals surface area (Å²) in [6.07, 6.45) is 0.183. The van der Waals surface area contributed by atoms with Gasteiger partial charge in [-0.2, -0.15) is 5.10 Å². The van der Waals surface area contributed by atoms with Crippen LogP contribution in [0.1, 0.15) is 34.0 Å². The van der Waals surface area contributed by atoms with Crippen LogP contribution in [0.5, 0.6) is 0 Å². The van der Waals surface area contributed by atoms with E-state index in [0.717, 1.165) is 22.5 Å². The van der Waals surface area contributed by atoms with Gasteiger partial charge in [-0.1, -0.05) is 66.7 Å². The van der Waals surface area contributed by atoms with Crippen LogP contribution in [-0.2, 0) is 4.74 Å². The average Bonchev–Trinajstić information content (AvgIpc) is 3.02. The lowest BCUT2D eigenvalue weighted by Gasteiger charge is -2.14. The fourth-order valence-electron chi connectivity index (χ4n) is 3.05. The van der Waals surface area contributed by atoms with Gasteiger partial charge in [0.1, 0.15) is 6.10 Å². The lowest BCUT2D eigenvalue weighted by Crippen LogP contribution is -2.11. The molecule has 0 aromatic heterocycles. The average molecular weight is 342 g/mol. The number of anilines is 1. The van der Waals surface area contributed by atoms with Crippen molar-refractivity contribution in [1.82, 2.24) is 0 Å². The van der Waals surface area contributed by atoms with Crippen molar-refractivity contribution in [3.63, 3.8) is 0 Å². The van der Waals surface area contributed by atoms with Crippen LogP contribution < -0.4 is 5.43 Å². The summed E-state index contributed by atoms with van der Waals surface area (Å²) in [4.78, 5) is 12.1. The Morgan fingerprint density at radius 2 is 1.54 bits per heavy atom. The third-order valence-electron chi connectivity index (χ3n) is 4.36. The molecule has 0 saturated carbocycles. The zero-order chi connectivity index (χ0) is 17.8. The largest absolute Gasteiger partial charge is 0.453 e. The Kier molecular flexibility index (Phi) is 4.48. The van der Waals surface area contributed by atoms with E-state index in [1.165, 1.54) is 0 Å².